The predicted molar refractivity (Wildman–Crippen MR) is 103 cm³/mol. The van der Waals surface area contributed by atoms with E-state index < -0.39 is 0 Å². The van der Waals surface area contributed by atoms with Gasteiger partial charge in [0.2, 0.25) is 0 Å². The Kier molecular flexibility index (Phi) is 6.46. The second kappa shape index (κ2) is 9.01. The average Bonchev–Trinajstić information content (AvgIpc) is 2.62. The lowest BCUT2D eigenvalue weighted by Crippen LogP contribution is -2.05. The minimum atomic E-state index is 0.358. The summed E-state index contributed by atoms with van der Waals surface area (Å²) < 4.78 is 0. The van der Waals surface area contributed by atoms with Crippen LogP contribution in [0.25, 0.3) is 10.8 Å². The molecule has 1 heteroatoms. The van der Waals surface area contributed by atoms with Crippen LogP contribution < -0.4 is 0 Å². The van der Waals surface area contributed by atoms with Crippen molar-refractivity contribution in [1.82, 2.24) is 0 Å². The molecule has 0 atom stereocenters. The van der Waals surface area contributed by atoms with Crippen LogP contribution in [0.5, 0.6) is 0 Å². The van der Waals surface area contributed by atoms with E-state index in [1.807, 2.05) is 0 Å². The second-order valence-electron chi connectivity index (χ2n) is 7.28. The Hall–Kier alpha value is -1.63. The summed E-state index contributed by atoms with van der Waals surface area (Å²) in [6, 6.07) is 12.8. The molecule has 1 aliphatic carbocycles. The Morgan fingerprint density at radius 2 is 1.17 bits per heavy atom. The third kappa shape index (κ3) is 4.47. The van der Waals surface area contributed by atoms with E-state index in [-0.39, 0.29) is 0 Å². The molecule has 2 aromatic rings. The number of hydrogen-bond donors (Lipinski definition) is 0. The van der Waals surface area contributed by atoms with Gasteiger partial charge in [-0.1, -0.05) is 87.8 Å². The van der Waals surface area contributed by atoms with Gasteiger partial charge >= 0.3 is 0 Å². The summed E-state index contributed by atoms with van der Waals surface area (Å²) in [7, 11) is 0. The van der Waals surface area contributed by atoms with Gasteiger partial charge in [-0.05, 0) is 35.6 Å². The first-order valence-electron chi connectivity index (χ1n) is 9.90. The van der Waals surface area contributed by atoms with Gasteiger partial charge in [0.25, 0.3) is 0 Å². The lowest BCUT2D eigenvalue weighted by Gasteiger charge is -2.12. The highest BCUT2D eigenvalue weighted by Crippen LogP contribution is 2.26. The minimum Gasteiger partial charge on any atom is -0.294 e. The average molecular weight is 322 g/mol. The maximum Gasteiger partial charge on any atom is 0.163 e. The third-order valence-electron chi connectivity index (χ3n) is 5.39. The highest BCUT2D eigenvalue weighted by atomic mass is 16.1. The molecule has 24 heavy (non-hydrogen) atoms. The zero-order chi connectivity index (χ0) is 16.6. The summed E-state index contributed by atoms with van der Waals surface area (Å²) >= 11 is 0. The van der Waals surface area contributed by atoms with E-state index in [0.29, 0.717) is 12.2 Å². The number of Topliss-reactive ketones (excluding diaryl/α,β-unsaturated/α-hetero) is 1. The molecule has 0 heterocycles. The van der Waals surface area contributed by atoms with Crippen LogP contribution in [0.15, 0.2) is 36.4 Å². The van der Waals surface area contributed by atoms with Gasteiger partial charge in [0.15, 0.2) is 5.78 Å². The van der Waals surface area contributed by atoms with Crippen molar-refractivity contribution in [3.8, 4) is 0 Å². The van der Waals surface area contributed by atoms with Crippen LogP contribution in [0, 0.1) is 0 Å². The molecule has 2 aromatic carbocycles. The van der Waals surface area contributed by atoms with Crippen LogP contribution in [0.3, 0.4) is 0 Å². The summed E-state index contributed by atoms with van der Waals surface area (Å²) in [5.74, 6) is 0.358. The zero-order valence-corrected chi connectivity index (χ0v) is 14.9. The fourth-order valence-corrected chi connectivity index (χ4v) is 3.99. The fourth-order valence-electron chi connectivity index (χ4n) is 3.99. The summed E-state index contributed by atoms with van der Waals surface area (Å²) in [6.45, 7) is 0. The Morgan fingerprint density at radius 1 is 0.583 bits per heavy atom. The maximum absolute atomic E-state index is 13.0. The van der Waals surface area contributed by atoms with Crippen molar-refractivity contribution in [2.45, 2.75) is 77.0 Å². The van der Waals surface area contributed by atoms with Crippen molar-refractivity contribution in [3.05, 3.63) is 47.5 Å². The molecule has 0 N–H and O–H groups in total. The molecule has 0 unspecified atom stereocenters. The fraction of sp³-hybridized carbons (Fsp3) is 0.522. The van der Waals surface area contributed by atoms with Gasteiger partial charge in [0, 0.05) is 12.0 Å². The normalized spacial score (nSPS) is 18.6. The molecule has 1 nitrogen and oxygen atoms in total. The molecule has 0 fully saturated rings. The number of aryl methyl sites for hydroxylation is 1. The number of ketones is 1. The quantitative estimate of drug-likeness (QED) is 0.517. The second-order valence-corrected chi connectivity index (χ2v) is 7.28. The van der Waals surface area contributed by atoms with Crippen LogP contribution in [0.2, 0.25) is 0 Å². The third-order valence-corrected chi connectivity index (χ3v) is 5.39. The summed E-state index contributed by atoms with van der Waals surface area (Å²) in [5.41, 5.74) is 2.29. The Morgan fingerprint density at radius 3 is 1.88 bits per heavy atom. The molecule has 3 rings (SSSR count). The number of carbonyl (C=O) groups is 1. The number of benzene rings is 2. The molecule has 0 amide bonds. The lowest BCUT2D eigenvalue weighted by molar-refractivity contribution is 0.0980. The van der Waals surface area contributed by atoms with E-state index in [1.54, 1.807) is 0 Å². The van der Waals surface area contributed by atoms with Crippen LogP contribution in [-0.4, -0.2) is 5.78 Å². The standard InChI is InChI=1S/C23H30O/c24-22-16-10-8-6-4-2-1-3-5-7-9-14-20-18-17-19-13-11-12-15-21(19)23(20)22/h11-13,15,17-18H,1-10,14,16H2. The lowest BCUT2D eigenvalue weighted by atomic mass is 9.91. The molecule has 128 valence electrons. The highest BCUT2D eigenvalue weighted by molar-refractivity contribution is 6.09. The summed E-state index contributed by atoms with van der Waals surface area (Å²) in [5, 5.41) is 2.35. The molecule has 0 spiro atoms. The molecule has 0 saturated heterocycles. The molecule has 0 saturated carbocycles. The van der Waals surface area contributed by atoms with Crippen LogP contribution in [0.4, 0.5) is 0 Å². The molecular formula is C23H30O. The van der Waals surface area contributed by atoms with Gasteiger partial charge in [-0.2, -0.15) is 0 Å². The zero-order valence-electron chi connectivity index (χ0n) is 14.9. The van der Waals surface area contributed by atoms with E-state index in [2.05, 4.69) is 36.4 Å². The Balaban J connectivity index is 1.86. The highest BCUT2D eigenvalue weighted by Gasteiger charge is 2.15. The minimum absolute atomic E-state index is 0.358. The number of rotatable bonds is 0. The van der Waals surface area contributed by atoms with Crippen molar-refractivity contribution in [2.75, 3.05) is 0 Å². The molecular weight excluding hydrogens is 292 g/mol. The van der Waals surface area contributed by atoms with Crippen molar-refractivity contribution in [1.29, 1.82) is 0 Å². The molecule has 0 aliphatic heterocycles. The maximum atomic E-state index is 13.0. The summed E-state index contributed by atoms with van der Waals surface area (Å²) in [6.07, 6.45) is 14.6. The van der Waals surface area contributed by atoms with Gasteiger partial charge < -0.3 is 0 Å². The van der Waals surface area contributed by atoms with Gasteiger partial charge in [-0.3, -0.25) is 4.79 Å². The summed E-state index contributed by atoms with van der Waals surface area (Å²) in [4.78, 5) is 13.0. The monoisotopic (exact) mass is 322 g/mol. The van der Waals surface area contributed by atoms with E-state index in [1.165, 1.54) is 68.7 Å². The largest absolute Gasteiger partial charge is 0.294 e. The Labute approximate surface area is 146 Å². The topological polar surface area (TPSA) is 17.1 Å². The van der Waals surface area contributed by atoms with E-state index in [9.17, 15) is 4.79 Å². The van der Waals surface area contributed by atoms with Crippen molar-refractivity contribution < 1.29 is 4.79 Å². The first-order chi connectivity index (χ1) is 11.9. The van der Waals surface area contributed by atoms with Crippen molar-refractivity contribution >= 4 is 16.6 Å². The van der Waals surface area contributed by atoms with Gasteiger partial charge in [-0.15, -0.1) is 0 Å². The van der Waals surface area contributed by atoms with Crippen molar-refractivity contribution in [2.24, 2.45) is 0 Å². The first-order valence-corrected chi connectivity index (χ1v) is 9.90. The number of hydrogen-bond acceptors (Lipinski definition) is 1. The number of carbonyl (C=O) groups excluding carboxylic acids is 1. The van der Waals surface area contributed by atoms with Crippen LogP contribution >= 0.6 is 0 Å². The predicted octanol–water partition coefficient (Wildman–Crippen LogP) is 6.87. The van der Waals surface area contributed by atoms with E-state index in [4.69, 9.17) is 0 Å². The SMILES string of the molecule is O=C1CCCCCCCCCCCCc2ccc3ccccc3c21. The molecule has 0 bridgehead atoms. The van der Waals surface area contributed by atoms with Gasteiger partial charge in [-0.25, -0.2) is 0 Å². The Bertz CT molecular complexity index is 671. The molecule has 1 aliphatic rings. The van der Waals surface area contributed by atoms with Gasteiger partial charge in [0.1, 0.15) is 0 Å². The molecule has 0 radical (unpaired) electrons. The smallest absolute Gasteiger partial charge is 0.163 e. The molecule has 0 aromatic heterocycles. The number of fused-ring (bicyclic) bond motifs is 3. The van der Waals surface area contributed by atoms with E-state index >= 15 is 0 Å². The van der Waals surface area contributed by atoms with Crippen LogP contribution in [0.1, 0.15) is 86.6 Å². The van der Waals surface area contributed by atoms with Gasteiger partial charge in [0.05, 0.1) is 0 Å². The van der Waals surface area contributed by atoms with Crippen LogP contribution in [-0.2, 0) is 6.42 Å². The first kappa shape index (κ1) is 17.2. The van der Waals surface area contributed by atoms with E-state index in [0.717, 1.165) is 23.8 Å². The van der Waals surface area contributed by atoms with Crippen molar-refractivity contribution in [3.63, 3.8) is 0 Å².